The summed E-state index contributed by atoms with van der Waals surface area (Å²) in [5.41, 5.74) is 5.13. The van der Waals surface area contributed by atoms with E-state index in [4.69, 9.17) is 10.6 Å². The largest absolute Gasteiger partial charge is 0.377 e. The molecule has 1 heterocycles. The van der Waals surface area contributed by atoms with E-state index in [2.05, 4.69) is 45.8 Å². The molecule has 0 saturated carbocycles. The van der Waals surface area contributed by atoms with Crippen LogP contribution in [0.15, 0.2) is 30.3 Å². The Bertz CT molecular complexity index is 588. The SMILES string of the molecule is CCc1ccccc1CNc1cc(NN)nc(COC)n1. The van der Waals surface area contributed by atoms with E-state index in [9.17, 15) is 0 Å². The fourth-order valence-electron chi connectivity index (χ4n) is 2.12. The number of methoxy groups -OCH3 is 1. The molecule has 0 aliphatic rings. The topological polar surface area (TPSA) is 85.1 Å². The lowest BCUT2D eigenvalue weighted by Gasteiger charge is -2.11. The molecule has 6 heteroatoms. The van der Waals surface area contributed by atoms with Crippen LogP contribution in [0.1, 0.15) is 23.9 Å². The van der Waals surface area contributed by atoms with Gasteiger partial charge in [0.2, 0.25) is 0 Å². The fraction of sp³-hybridized carbons (Fsp3) is 0.333. The van der Waals surface area contributed by atoms with Crippen molar-refractivity contribution in [2.24, 2.45) is 5.84 Å². The second kappa shape index (κ2) is 7.56. The van der Waals surface area contributed by atoms with Gasteiger partial charge in [-0.2, -0.15) is 0 Å². The van der Waals surface area contributed by atoms with Gasteiger partial charge in [0.05, 0.1) is 0 Å². The molecule has 0 radical (unpaired) electrons. The number of anilines is 2. The normalized spacial score (nSPS) is 10.4. The molecule has 0 fully saturated rings. The summed E-state index contributed by atoms with van der Waals surface area (Å²) >= 11 is 0. The molecule has 1 aromatic carbocycles. The average molecular weight is 287 g/mol. The van der Waals surface area contributed by atoms with E-state index in [1.165, 1.54) is 11.1 Å². The second-order valence-electron chi connectivity index (χ2n) is 4.61. The summed E-state index contributed by atoms with van der Waals surface area (Å²) in [5.74, 6) is 7.29. The first-order chi connectivity index (χ1) is 10.3. The summed E-state index contributed by atoms with van der Waals surface area (Å²) < 4.78 is 5.06. The van der Waals surface area contributed by atoms with Crippen molar-refractivity contribution in [1.82, 2.24) is 9.97 Å². The number of aryl methyl sites for hydroxylation is 1. The monoisotopic (exact) mass is 287 g/mol. The molecule has 0 atom stereocenters. The average Bonchev–Trinajstić information content (AvgIpc) is 2.53. The Hall–Kier alpha value is -2.18. The number of nitrogen functional groups attached to an aromatic ring is 1. The molecule has 0 spiro atoms. The molecule has 6 nitrogen and oxygen atoms in total. The third-order valence-corrected chi connectivity index (χ3v) is 3.15. The Labute approximate surface area is 124 Å². The van der Waals surface area contributed by atoms with Crippen molar-refractivity contribution < 1.29 is 4.74 Å². The number of hydrazine groups is 1. The van der Waals surface area contributed by atoms with Gasteiger partial charge in [0.1, 0.15) is 18.2 Å². The van der Waals surface area contributed by atoms with Gasteiger partial charge in [-0.05, 0) is 17.5 Å². The molecule has 0 saturated heterocycles. The van der Waals surface area contributed by atoms with Crippen LogP contribution in [0, 0.1) is 0 Å². The van der Waals surface area contributed by atoms with Gasteiger partial charge in [-0.3, -0.25) is 0 Å². The number of nitrogens with one attached hydrogen (secondary N) is 2. The molecule has 0 unspecified atom stereocenters. The molecule has 2 aromatic rings. The van der Waals surface area contributed by atoms with Crippen LogP contribution in [0.2, 0.25) is 0 Å². The highest BCUT2D eigenvalue weighted by Crippen LogP contribution is 2.14. The minimum atomic E-state index is 0.343. The van der Waals surface area contributed by atoms with Gasteiger partial charge in [-0.15, -0.1) is 0 Å². The highest BCUT2D eigenvalue weighted by molar-refractivity contribution is 5.47. The molecule has 2 rings (SSSR count). The molecule has 0 bridgehead atoms. The Kier molecular flexibility index (Phi) is 5.48. The maximum Gasteiger partial charge on any atom is 0.158 e. The standard InChI is InChI=1S/C15H21N5O/c1-3-11-6-4-5-7-12(11)9-17-13-8-14(20-16)19-15(18-13)10-21-2/h4-8H,3,9-10,16H2,1-2H3,(H2,17,18,19,20). The molecule has 112 valence electrons. The number of benzene rings is 1. The highest BCUT2D eigenvalue weighted by Gasteiger charge is 2.05. The van der Waals surface area contributed by atoms with E-state index in [1.807, 2.05) is 6.07 Å². The number of hydrogen-bond donors (Lipinski definition) is 3. The van der Waals surface area contributed by atoms with E-state index >= 15 is 0 Å². The number of nitrogens with two attached hydrogens (primary N) is 1. The van der Waals surface area contributed by atoms with Crippen LogP contribution >= 0.6 is 0 Å². The number of hydrogen-bond acceptors (Lipinski definition) is 6. The summed E-state index contributed by atoms with van der Waals surface area (Å²) in [5, 5.41) is 3.31. The summed E-state index contributed by atoms with van der Waals surface area (Å²) in [6, 6.07) is 10.1. The van der Waals surface area contributed by atoms with Crippen LogP contribution in [0.3, 0.4) is 0 Å². The van der Waals surface area contributed by atoms with Crippen molar-refractivity contribution in [3.63, 3.8) is 0 Å². The molecule has 0 aliphatic heterocycles. The van der Waals surface area contributed by atoms with Gasteiger partial charge in [0, 0.05) is 19.7 Å². The van der Waals surface area contributed by atoms with Crippen LogP contribution in [-0.2, 0) is 24.3 Å². The van der Waals surface area contributed by atoms with Gasteiger partial charge in [0.25, 0.3) is 0 Å². The van der Waals surface area contributed by atoms with E-state index in [0.29, 0.717) is 24.8 Å². The van der Waals surface area contributed by atoms with Gasteiger partial charge >= 0.3 is 0 Å². The zero-order chi connectivity index (χ0) is 15.1. The Morgan fingerprint density at radius 3 is 2.52 bits per heavy atom. The first kappa shape index (κ1) is 15.2. The molecule has 4 N–H and O–H groups in total. The predicted molar refractivity (Wildman–Crippen MR) is 83.7 cm³/mol. The first-order valence-corrected chi connectivity index (χ1v) is 6.91. The number of nitrogens with zero attached hydrogens (tertiary/aromatic N) is 2. The van der Waals surface area contributed by atoms with Crippen LogP contribution in [-0.4, -0.2) is 17.1 Å². The van der Waals surface area contributed by atoms with Crippen molar-refractivity contribution in [2.45, 2.75) is 26.5 Å². The second-order valence-corrected chi connectivity index (χ2v) is 4.61. The summed E-state index contributed by atoms with van der Waals surface area (Å²) in [4.78, 5) is 8.62. The molecular formula is C15H21N5O. The van der Waals surface area contributed by atoms with E-state index in [0.717, 1.165) is 12.2 Å². The molecule has 1 aromatic heterocycles. The maximum absolute atomic E-state index is 5.43. The smallest absolute Gasteiger partial charge is 0.158 e. The zero-order valence-electron chi connectivity index (χ0n) is 12.4. The lowest BCUT2D eigenvalue weighted by atomic mass is 10.1. The van der Waals surface area contributed by atoms with Gasteiger partial charge < -0.3 is 15.5 Å². The van der Waals surface area contributed by atoms with Crippen molar-refractivity contribution in [1.29, 1.82) is 0 Å². The van der Waals surface area contributed by atoms with Crippen LogP contribution in [0.25, 0.3) is 0 Å². The maximum atomic E-state index is 5.43. The van der Waals surface area contributed by atoms with Gasteiger partial charge in [-0.25, -0.2) is 15.8 Å². The molecule has 0 aliphatic carbocycles. The van der Waals surface area contributed by atoms with Crippen molar-refractivity contribution >= 4 is 11.6 Å². The Morgan fingerprint density at radius 1 is 1.14 bits per heavy atom. The lowest BCUT2D eigenvalue weighted by Crippen LogP contribution is -2.13. The van der Waals surface area contributed by atoms with Crippen molar-refractivity contribution in [3.8, 4) is 0 Å². The summed E-state index contributed by atoms with van der Waals surface area (Å²) in [6.07, 6.45) is 1.01. The van der Waals surface area contributed by atoms with E-state index in [1.54, 1.807) is 13.2 Å². The molecule has 0 amide bonds. The summed E-state index contributed by atoms with van der Waals surface area (Å²) in [7, 11) is 1.61. The minimum Gasteiger partial charge on any atom is -0.377 e. The van der Waals surface area contributed by atoms with Crippen molar-refractivity contribution in [2.75, 3.05) is 17.9 Å². The Morgan fingerprint density at radius 2 is 1.86 bits per heavy atom. The minimum absolute atomic E-state index is 0.343. The van der Waals surface area contributed by atoms with E-state index < -0.39 is 0 Å². The molecule has 21 heavy (non-hydrogen) atoms. The van der Waals surface area contributed by atoms with Crippen LogP contribution in [0.5, 0.6) is 0 Å². The third-order valence-electron chi connectivity index (χ3n) is 3.15. The third kappa shape index (κ3) is 4.14. The van der Waals surface area contributed by atoms with Crippen LogP contribution in [0.4, 0.5) is 11.6 Å². The van der Waals surface area contributed by atoms with Gasteiger partial charge in [-0.1, -0.05) is 31.2 Å². The van der Waals surface area contributed by atoms with E-state index in [-0.39, 0.29) is 0 Å². The summed E-state index contributed by atoms with van der Waals surface area (Å²) in [6.45, 7) is 3.20. The highest BCUT2D eigenvalue weighted by atomic mass is 16.5. The predicted octanol–water partition coefficient (Wildman–Crippen LogP) is 2.08. The Balaban J connectivity index is 2.13. The zero-order valence-corrected chi connectivity index (χ0v) is 12.4. The van der Waals surface area contributed by atoms with Crippen LogP contribution < -0.4 is 16.6 Å². The van der Waals surface area contributed by atoms with Gasteiger partial charge in [0.15, 0.2) is 5.82 Å². The number of aromatic nitrogens is 2. The lowest BCUT2D eigenvalue weighted by molar-refractivity contribution is 0.178. The quantitative estimate of drug-likeness (QED) is 0.534. The fourth-order valence-corrected chi connectivity index (χ4v) is 2.12. The first-order valence-electron chi connectivity index (χ1n) is 6.91. The molecular weight excluding hydrogens is 266 g/mol. The number of rotatable bonds is 7. The number of ether oxygens (including phenoxy) is 1. The van der Waals surface area contributed by atoms with Crippen molar-refractivity contribution in [3.05, 3.63) is 47.3 Å².